The van der Waals surface area contributed by atoms with E-state index in [4.69, 9.17) is 4.42 Å². The van der Waals surface area contributed by atoms with Crippen molar-refractivity contribution < 1.29 is 4.42 Å². The van der Waals surface area contributed by atoms with E-state index in [1.165, 1.54) is 0 Å². The number of thiazole rings is 1. The Balaban J connectivity index is 1.67. The second kappa shape index (κ2) is 5.46. The van der Waals surface area contributed by atoms with Gasteiger partial charge in [-0.1, -0.05) is 12.1 Å². The molecule has 0 fully saturated rings. The molecule has 0 radical (unpaired) electrons. The maximum Gasteiger partial charge on any atom is 0.191 e. The van der Waals surface area contributed by atoms with Gasteiger partial charge < -0.3 is 9.73 Å². The third-order valence-corrected chi connectivity index (χ3v) is 3.76. The van der Waals surface area contributed by atoms with E-state index in [9.17, 15) is 0 Å². The third-order valence-electron chi connectivity index (χ3n) is 2.94. The molecule has 0 aliphatic rings. The van der Waals surface area contributed by atoms with Gasteiger partial charge in [-0.3, -0.25) is 0 Å². The van der Waals surface area contributed by atoms with Crippen molar-refractivity contribution in [1.29, 1.82) is 0 Å². The van der Waals surface area contributed by atoms with Crippen LogP contribution in [0.5, 0.6) is 0 Å². The van der Waals surface area contributed by atoms with Crippen LogP contribution in [0.3, 0.4) is 0 Å². The Labute approximate surface area is 121 Å². The lowest BCUT2D eigenvalue weighted by atomic mass is 10.1. The van der Waals surface area contributed by atoms with Gasteiger partial charge in [-0.2, -0.15) is 0 Å². The summed E-state index contributed by atoms with van der Waals surface area (Å²) in [7, 11) is 0. The predicted octanol–water partition coefficient (Wildman–Crippen LogP) is 4.03. The molecule has 0 amide bonds. The predicted molar refractivity (Wildman–Crippen MR) is 80.9 cm³/mol. The highest BCUT2D eigenvalue weighted by molar-refractivity contribution is 7.09. The number of nitrogens with zero attached hydrogens (tertiary/aromatic N) is 2. The Bertz CT molecular complexity index is 700. The van der Waals surface area contributed by atoms with Crippen LogP contribution in [0.2, 0.25) is 0 Å². The van der Waals surface area contributed by atoms with Crippen LogP contribution >= 0.6 is 11.3 Å². The summed E-state index contributed by atoms with van der Waals surface area (Å²) in [6.45, 7) is 4.60. The standard InChI is InChI=1S/C15H15N3OS/c1-10-17-15(8-19-10)12-3-5-13(6-4-12)16-7-14-9-20-11(2)18-14/h3-6,8-9,16H,7H2,1-2H3. The minimum absolute atomic E-state index is 0.682. The average molecular weight is 285 g/mol. The number of benzene rings is 1. The Hall–Kier alpha value is -2.14. The van der Waals surface area contributed by atoms with E-state index in [1.54, 1.807) is 17.6 Å². The number of anilines is 1. The van der Waals surface area contributed by atoms with Crippen molar-refractivity contribution >= 4 is 17.0 Å². The molecule has 4 nitrogen and oxygen atoms in total. The first-order valence-corrected chi connectivity index (χ1v) is 7.26. The molecule has 0 spiro atoms. The van der Waals surface area contributed by atoms with Crippen molar-refractivity contribution in [3.8, 4) is 11.3 Å². The van der Waals surface area contributed by atoms with Gasteiger partial charge in [-0.15, -0.1) is 11.3 Å². The zero-order valence-corrected chi connectivity index (χ0v) is 12.2. The Kier molecular flexibility index (Phi) is 3.52. The van der Waals surface area contributed by atoms with Crippen LogP contribution in [0, 0.1) is 13.8 Å². The number of nitrogens with one attached hydrogen (secondary N) is 1. The minimum Gasteiger partial charge on any atom is -0.449 e. The first kappa shape index (κ1) is 12.9. The van der Waals surface area contributed by atoms with Gasteiger partial charge in [0.2, 0.25) is 0 Å². The van der Waals surface area contributed by atoms with Gasteiger partial charge in [-0.05, 0) is 19.1 Å². The molecule has 0 unspecified atom stereocenters. The van der Waals surface area contributed by atoms with Crippen LogP contribution in [0.4, 0.5) is 5.69 Å². The molecule has 20 heavy (non-hydrogen) atoms. The van der Waals surface area contributed by atoms with Crippen LogP contribution in [0.15, 0.2) is 40.3 Å². The van der Waals surface area contributed by atoms with Crippen molar-refractivity contribution in [3.63, 3.8) is 0 Å². The lowest BCUT2D eigenvalue weighted by Crippen LogP contribution is -1.99. The summed E-state index contributed by atoms with van der Waals surface area (Å²) in [4.78, 5) is 8.74. The molecule has 3 rings (SSSR count). The fraction of sp³-hybridized carbons (Fsp3) is 0.200. The fourth-order valence-electron chi connectivity index (χ4n) is 1.94. The molecule has 102 valence electrons. The molecule has 0 bridgehead atoms. The van der Waals surface area contributed by atoms with Gasteiger partial charge in [0, 0.05) is 23.6 Å². The zero-order chi connectivity index (χ0) is 13.9. The highest BCUT2D eigenvalue weighted by atomic mass is 32.1. The molecule has 0 saturated heterocycles. The van der Waals surface area contributed by atoms with Gasteiger partial charge in [0.1, 0.15) is 12.0 Å². The van der Waals surface area contributed by atoms with E-state index in [-0.39, 0.29) is 0 Å². The molecule has 0 aliphatic heterocycles. The Morgan fingerprint density at radius 3 is 2.55 bits per heavy atom. The first-order chi connectivity index (χ1) is 9.70. The summed E-state index contributed by atoms with van der Waals surface area (Å²) >= 11 is 1.67. The maximum absolute atomic E-state index is 5.22. The molecule has 1 N–H and O–H groups in total. The molecular formula is C15H15N3OS. The SMILES string of the molecule is Cc1nc(-c2ccc(NCc3csc(C)n3)cc2)co1. The van der Waals surface area contributed by atoms with Crippen LogP contribution in [-0.2, 0) is 6.54 Å². The van der Waals surface area contributed by atoms with Gasteiger partial charge >= 0.3 is 0 Å². The van der Waals surface area contributed by atoms with Crippen LogP contribution in [-0.4, -0.2) is 9.97 Å². The van der Waals surface area contributed by atoms with E-state index in [0.29, 0.717) is 5.89 Å². The summed E-state index contributed by atoms with van der Waals surface area (Å²) in [5, 5.41) is 6.53. The molecule has 2 heterocycles. The second-order valence-electron chi connectivity index (χ2n) is 4.54. The number of aryl methyl sites for hydroxylation is 2. The van der Waals surface area contributed by atoms with Crippen molar-refractivity contribution in [1.82, 2.24) is 9.97 Å². The van der Waals surface area contributed by atoms with E-state index in [0.717, 1.165) is 34.2 Å². The van der Waals surface area contributed by atoms with Gasteiger partial charge in [0.15, 0.2) is 5.89 Å². The molecule has 1 aromatic carbocycles. The zero-order valence-electron chi connectivity index (χ0n) is 11.4. The van der Waals surface area contributed by atoms with Gasteiger partial charge in [-0.25, -0.2) is 9.97 Å². The van der Waals surface area contributed by atoms with Crippen LogP contribution in [0.25, 0.3) is 11.3 Å². The number of rotatable bonds is 4. The van der Waals surface area contributed by atoms with Crippen molar-refractivity contribution in [3.05, 3.63) is 52.5 Å². The number of hydrogen-bond donors (Lipinski definition) is 1. The summed E-state index contributed by atoms with van der Waals surface area (Å²) < 4.78 is 5.22. The number of oxazole rings is 1. The van der Waals surface area contributed by atoms with E-state index in [2.05, 4.69) is 20.7 Å². The Morgan fingerprint density at radius 1 is 1.15 bits per heavy atom. The lowest BCUT2D eigenvalue weighted by molar-refractivity contribution is 0.521. The number of aromatic nitrogens is 2. The smallest absolute Gasteiger partial charge is 0.191 e. The van der Waals surface area contributed by atoms with Crippen molar-refractivity contribution in [2.24, 2.45) is 0 Å². The first-order valence-electron chi connectivity index (χ1n) is 6.38. The highest BCUT2D eigenvalue weighted by Crippen LogP contribution is 2.21. The van der Waals surface area contributed by atoms with Gasteiger partial charge in [0.05, 0.1) is 17.2 Å². The monoisotopic (exact) mass is 285 g/mol. The maximum atomic E-state index is 5.22. The number of hydrogen-bond acceptors (Lipinski definition) is 5. The summed E-state index contributed by atoms with van der Waals surface area (Å²) in [6.07, 6.45) is 1.68. The quantitative estimate of drug-likeness (QED) is 0.786. The minimum atomic E-state index is 0.682. The third kappa shape index (κ3) is 2.88. The van der Waals surface area contributed by atoms with E-state index < -0.39 is 0 Å². The molecular weight excluding hydrogens is 270 g/mol. The summed E-state index contributed by atoms with van der Waals surface area (Å²) in [6, 6.07) is 8.15. The molecule has 2 aromatic heterocycles. The normalized spacial score (nSPS) is 10.7. The fourth-order valence-corrected chi connectivity index (χ4v) is 2.55. The molecule has 0 saturated carbocycles. The van der Waals surface area contributed by atoms with Crippen LogP contribution < -0.4 is 5.32 Å². The van der Waals surface area contributed by atoms with Gasteiger partial charge in [0.25, 0.3) is 0 Å². The average Bonchev–Trinajstić information content (AvgIpc) is 3.06. The topological polar surface area (TPSA) is 51.0 Å². The molecule has 3 aromatic rings. The van der Waals surface area contributed by atoms with Crippen LogP contribution in [0.1, 0.15) is 16.6 Å². The lowest BCUT2D eigenvalue weighted by Gasteiger charge is -2.05. The van der Waals surface area contributed by atoms with Crippen molar-refractivity contribution in [2.45, 2.75) is 20.4 Å². The summed E-state index contributed by atoms with van der Waals surface area (Å²) in [5.41, 5.74) is 4.06. The molecule has 0 aliphatic carbocycles. The van der Waals surface area contributed by atoms with Crippen molar-refractivity contribution in [2.75, 3.05) is 5.32 Å². The summed E-state index contributed by atoms with van der Waals surface area (Å²) in [5.74, 6) is 0.682. The molecule has 0 atom stereocenters. The van der Waals surface area contributed by atoms with E-state index in [1.807, 2.05) is 38.1 Å². The van der Waals surface area contributed by atoms with E-state index >= 15 is 0 Å². The Morgan fingerprint density at radius 2 is 1.95 bits per heavy atom. The highest BCUT2D eigenvalue weighted by Gasteiger charge is 2.03. The second-order valence-corrected chi connectivity index (χ2v) is 5.60. The largest absolute Gasteiger partial charge is 0.449 e. The molecule has 5 heteroatoms.